The molecule has 3 nitrogen and oxygen atoms in total. The summed E-state index contributed by atoms with van der Waals surface area (Å²) in [6.45, 7) is 10.1. The van der Waals surface area contributed by atoms with Crippen molar-refractivity contribution in [1.82, 2.24) is 4.90 Å². The molecule has 0 aliphatic rings. The summed E-state index contributed by atoms with van der Waals surface area (Å²) in [5.41, 5.74) is 0. The minimum Gasteiger partial charge on any atom is -0.377 e. The van der Waals surface area contributed by atoms with Crippen LogP contribution in [0.4, 0.5) is 0 Å². The normalized spacial score (nSPS) is 13.2. The molecule has 0 spiro atoms. The van der Waals surface area contributed by atoms with Crippen molar-refractivity contribution in [3.8, 4) is 0 Å². The van der Waals surface area contributed by atoms with Crippen LogP contribution >= 0.6 is 0 Å². The van der Waals surface area contributed by atoms with Crippen LogP contribution in [0.15, 0.2) is 48.6 Å². The van der Waals surface area contributed by atoms with Gasteiger partial charge in [0.15, 0.2) is 0 Å². The Morgan fingerprint density at radius 2 is 0.864 bits per heavy atom. The van der Waals surface area contributed by atoms with Crippen LogP contribution in [0.5, 0.6) is 0 Å². The van der Waals surface area contributed by atoms with Gasteiger partial charge in [-0.25, -0.2) is 0 Å². The Hall–Kier alpha value is -1.16. The van der Waals surface area contributed by atoms with E-state index in [2.05, 4.69) is 81.3 Å². The lowest BCUT2D eigenvalue weighted by molar-refractivity contribution is -0.00554. The summed E-state index contributed by atoms with van der Waals surface area (Å²) in [6.07, 6.45) is 49.9. The van der Waals surface area contributed by atoms with Crippen molar-refractivity contribution < 1.29 is 9.47 Å². The maximum absolute atomic E-state index is 6.05. The first-order valence-electron chi connectivity index (χ1n) is 19.2. The van der Waals surface area contributed by atoms with Gasteiger partial charge in [0.2, 0.25) is 0 Å². The second kappa shape index (κ2) is 38.0. The van der Waals surface area contributed by atoms with E-state index in [-0.39, 0.29) is 6.10 Å². The zero-order chi connectivity index (χ0) is 32.0. The lowest BCUT2D eigenvalue weighted by atomic mass is 10.1. The molecule has 0 aromatic rings. The summed E-state index contributed by atoms with van der Waals surface area (Å²) >= 11 is 0. The maximum atomic E-state index is 6.05. The van der Waals surface area contributed by atoms with Gasteiger partial charge in [0.05, 0.1) is 12.8 Å². The van der Waals surface area contributed by atoms with Crippen LogP contribution in [0.25, 0.3) is 0 Å². The van der Waals surface area contributed by atoms with E-state index in [1.165, 1.54) is 141 Å². The lowest BCUT2D eigenvalue weighted by Gasteiger charge is -2.21. The summed E-state index contributed by atoms with van der Waals surface area (Å²) in [6, 6.07) is 0. The molecule has 1 unspecified atom stereocenters. The maximum Gasteiger partial charge on any atom is 0.0988 e. The Bertz CT molecular complexity index is 653. The molecular weight excluding hydrogens is 538 g/mol. The van der Waals surface area contributed by atoms with Gasteiger partial charge < -0.3 is 9.47 Å². The van der Waals surface area contributed by atoms with E-state index in [9.17, 15) is 0 Å². The van der Waals surface area contributed by atoms with E-state index < -0.39 is 0 Å². The van der Waals surface area contributed by atoms with E-state index in [0.717, 1.165) is 32.6 Å². The molecule has 0 heterocycles. The fourth-order valence-corrected chi connectivity index (χ4v) is 5.33. The molecular formula is C41H77NO2. The van der Waals surface area contributed by atoms with E-state index in [4.69, 9.17) is 9.47 Å². The van der Waals surface area contributed by atoms with Crippen molar-refractivity contribution in [3.63, 3.8) is 0 Å². The molecule has 0 saturated heterocycles. The van der Waals surface area contributed by atoms with Crippen molar-refractivity contribution in [2.75, 3.05) is 33.5 Å². The Morgan fingerprint density at radius 1 is 0.477 bits per heavy atom. The second-order valence-electron chi connectivity index (χ2n) is 12.9. The smallest absolute Gasteiger partial charge is 0.0988 e. The van der Waals surface area contributed by atoms with Gasteiger partial charge in [-0.1, -0.05) is 140 Å². The van der Waals surface area contributed by atoms with Crippen molar-refractivity contribution in [1.29, 1.82) is 0 Å². The Labute approximate surface area is 277 Å². The second-order valence-corrected chi connectivity index (χ2v) is 12.9. The third-order valence-corrected chi connectivity index (χ3v) is 8.12. The van der Waals surface area contributed by atoms with Gasteiger partial charge >= 0.3 is 0 Å². The lowest BCUT2D eigenvalue weighted by Crippen LogP contribution is -2.31. The number of likely N-dealkylation sites (N-methyl/N-ethyl adjacent to an activating group) is 1. The third kappa shape index (κ3) is 37.0. The monoisotopic (exact) mass is 616 g/mol. The first-order valence-corrected chi connectivity index (χ1v) is 19.2. The molecule has 1 atom stereocenters. The number of nitrogens with zero attached hydrogens (tertiary/aromatic N) is 1. The van der Waals surface area contributed by atoms with Gasteiger partial charge in [0, 0.05) is 19.8 Å². The van der Waals surface area contributed by atoms with Crippen LogP contribution in [-0.2, 0) is 9.47 Å². The molecule has 0 saturated carbocycles. The van der Waals surface area contributed by atoms with E-state index in [1.807, 2.05) is 0 Å². The third-order valence-electron chi connectivity index (χ3n) is 8.12. The van der Waals surface area contributed by atoms with Crippen molar-refractivity contribution >= 4 is 0 Å². The van der Waals surface area contributed by atoms with Crippen LogP contribution in [0, 0.1) is 0 Å². The van der Waals surface area contributed by atoms with Gasteiger partial charge in [-0.15, -0.1) is 0 Å². The molecule has 0 aromatic carbocycles. The fraction of sp³-hybridized carbons (Fsp3) is 0.805. The summed E-state index contributed by atoms with van der Waals surface area (Å²) in [5.74, 6) is 0. The standard InChI is InChI=1S/C41H77NO2/c1-5-7-9-11-13-15-17-19-21-23-25-27-29-31-33-35-37-43-40-42(4)39-41(3)44-38-36-34-32-30-28-26-24-22-20-18-16-14-12-10-8-6-2/h13-16,19-22,41H,5-12,17-18,23-40H2,1-4H3/b15-13-,16-14-,21-19-,22-20-. The quantitative estimate of drug-likeness (QED) is 0.0402. The van der Waals surface area contributed by atoms with Crippen LogP contribution in [-0.4, -0.2) is 44.5 Å². The number of hydrogen-bond donors (Lipinski definition) is 0. The number of hydrogen-bond acceptors (Lipinski definition) is 3. The predicted molar refractivity (Wildman–Crippen MR) is 198 cm³/mol. The highest BCUT2D eigenvalue weighted by Crippen LogP contribution is 2.10. The van der Waals surface area contributed by atoms with Gasteiger partial charge in [-0.3, -0.25) is 4.90 Å². The molecule has 0 aromatic heterocycles. The molecule has 0 aliphatic heterocycles. The van der Waals surface area contributed by atoms with Gasteiger partial charge in [0.1, 0.15) is 0 Å². The van der Waals surface area contributed by atoms with Crippen LogP contribution in [0.1, 0.15) is 175 Å². The topological polar surface area (TPSA) is 21.7 Å². The minimum absolute atomic E-state index is 0.267. The molecule has 0 rings (SSSR count). The fourth-order valence-electron chi connectivity index (χ4n) is 5.33. The van der Waals surface area contributed by atoms with Crippen molar-refractivity contribution in [3.05, 3.63) is 48.6 Å². The zero-order valence-corrected chi connectivity index (χ0v) is 30.3. The highest BCUT2D eigenvalue weighted by atomic mass is 16.5. The summed E-state index contributed by atoms with van der Waals surface area (Å²) in [4.78, 5) is 2.25. The average Bonchev–Trinajstić information content (AvgIpc) is 3.02. The Kier molecular flexibility index (Phi) is 37.0. The number of unbranched alkanes of at least 4 members (excludes halogenated alkanes) is 18. The number of allylic oxidation sites excluding steroid dienone is 8. The summed E-state index contributed by atoms with van der Waals surface area (Å²) in [7, 11) is 2.14. The van der Waals surface area contributed by atoms with E-state index >= 15 is 0 Å². The molecule has 258 valence electrons. The Morgan fingerprint density at radius 3 is 1.32 bits per heavy atom. The van der Waals surface area contributed by atoms with Crippen molar-refractivity contribution in [2.45, 2.75) is 181 Å². The molecule has 0 N–H and O–H groups in total. The van der Waals surface area contributed by atoms with Crippen molar-refractivity contribution in [2.24, 2.45) is 0 Å². The first kappa shape index (κ1) is 42.8. The molecule has 0 aliphatic carbocycles. The summed E-state index contributed by atoms with van der Waals surface area (Å²) in [5, 5.41) is 0. The van der Waals surface area contributed by atoms with E-state index in [1.54, 1.807) is 0 Å². The molecule has 0 fully saturated rings. The summed E-state index contributed by atoms with van der Waals surface area (Å²) < 4.78 is 12.0. The molecule has 3 heteroatoms. The van der Waals surface area contributed by atoms with Gasteiger partial charge in [-0.05, 0) is 91.0 Å². The van der Waals surface area contributed by atoms with Crippen LogP contribution in [0.2, 0.25) is 0 Å². The number of ether oxygens (including phenoxy) is 2. The van der Waals surface area contributed by atoms with E-state index in [0.29, 0.717) is 6.73 Å². The number of rotatable bonds is 35. The van der Waals surface area contributed by atoms with Crippen LogP contribution in [0.3, 0.4) is 0 Å². The highest BCUT2D eigenvalue weighted by Gasteiger charge is 2.06. The molecule has 0 bridgehead atoms. The first-order chi connectivity index (χ1) is 21.7. The Balaban J connectivity index is 3.37. The molecule has 0 amide bonds. The average molecular weight is 616 g/mol. The molecule has 44 heavy (non-hydrogen) atoms. The van der Waals surface area contributed by atoms with Gasteiger partial charge in [-0.2, -0.15) is 0 Å². The highest BCUT2D eigenvalue weighted by molar-refractivity contribution is 4.93. The zero-order valence-electron chi connectivity index (χ0n) is 30.3. The minimum atomic E-state index is 0.267. The predicted octanol–water partition coefficient (Wildman–Crippen LogP) is 12.9. The van der Waals surface area contributed by atoms with Gasteiger partial charge in [0.25, 0.3) is 0 Å². The molecule has 0 radical (unpaired) electrons. The largest absolute Gasteiger partial charge is 0.377 e. The SMILES string of the molecule is CCCCC/C=C\C/C=C\CCCCCCCCOCN(C)CC(C)OCCCCCCCC/C=C\C/C=C\CCCCC. The van der Waals surface area contributed by atoms with Crippen LogP contribution < -0.4 is 0 Å².